The largest absolute Gasteiger partial charge is 0.375 e. The second-order valence-corrected chi connectivity index (χ2v) is 5.81. The molecule has 0 saturated carbocycles. The van der Waals surface area contributed by atoms with Crippen LogP contribution < -0.4 is 5.32 Å². The topological polar surface area (TPSA) is 24.5 Å². The van der Waals surface area contributed by atoms with Crippen LogP contribution in [0.4, 0.5) is 0 Å². The predicted molar refractivity (Wildman–Crippen MR) is 89.6 cm³/mol. The molecule has 1 unspecified atom stereocenters. The molecule has 0 aliphatic carbocycles. The fourth-order valence-corrected chi connectivity index (χ4v) is 2.88. The number of hydrogen-bond acceptors (Lipinski definition) is 3. The zero-order chi connectivity index (χ0) is 15.0. The number of nitrogens with zero attached hydrogens (tertiary/aromatic N) is 1. The van der Waals surface area contributed by atoms with Gasteiger partial charge in [-0.05, 0) is 11.1 Å². The Morgan fingerprint density at radius 3 is 2.36 bits per heavy atom. The molecule has 3 nitrogen and oxygen atoms in total. The van der Waals surface area contributed by atoms with Crippen molar-refractivity contribution in [3.05, 3.63) is 71.8 Å². The number of benzene rings is 2. The Kier molecular flexibility index (Phi) is 5.59. The summed E-state index contributed by atoms with van der Waals surface area (Å²) >= 11 is 0. The van der Waals surface area contributed by atoms with Crippen molar-refractivity contribution < 1.29 is 4.74 Å². The molecule has 0 spiro atoms. The van der Waals surface area contributed by atoms with Crippen LogP contribution in [0, 0.1) is 0 Å². The Labute approximate surface area is 132 Å². The third-order valence-corrected chi connectivity index (χ3v) is 4.12. The summed E-state index contributed by atoms with van der Waals surface area (Å²) in [5.74, 6) is 0. The van der Waals surface area contributed by atoms with Crippen molar-refractivity contribution in [3.8, 4) is 0 Å². The Bertz CT molecular complexity index is 544. The molecule has 22 heavy (non-hydrogen) atoms. The molecule has 1 aliphatic rings. The summed E-state index contributed by atoms with van der Waals surface area (Å²) < 4.78 is 5.95. The van der Waals surface area contributed by atoms with E-state index in [0.717, 1.165) is 32.8 Å². The van der Waals surface area contributed by atoms with E-state index in [1.165, 1.54) is 11.1 Å². The van der Waals surface area contributed by atoms with Crippen molar-refractivity contribution >= 4 is 0 Å². The van der Waals surface area contributed by atoms with Gasteiger partial charge in [-0.1, -0.05) is 60.7 Å². The first-order chi connectivity index (χ1) is 10.9. The minimum absolute atomic E-state index is 0.442. The maximum atomic E-state index is 5.95. The van der Waals surface area contributed by atoms with E-state index in [1.54, 1.807) is 0 Å². The van der Waals surface area contributed by atoms with Crippen LogP contribution in [0.3, 0.4) is 0 Å². The molecule has 1 atom stereocenters. The molecule has 2 aromatic rings. The standard InChI is InChI=1S/C19H24N2O/c1-3-7-17(8-4-1)14-21-12-11-20-13-19(21)16-22-15-18-9-5-2-6-10-18/h1-10,19-20H,11-16H2. The molecular weight excluding hydrogens is 272 g/mol. The highest BCUT2D eigenvalue weighted by atomic mass is 16.5. The van der Waals surface area contributed by atoms with Crippen LogP contribution in [0.1, 0.15) is 11.1 Å². The van der Waals surface area contributed by atoms with Crippen LogP contribution in [-0.4, -0.2) is 37.2 Å². The van der Waals surface area contributed by atoms with Crippen LogP contribution in [0.5, 0.6) is 0 Å². The number of nitrogens with one attached hydrogen (secondary N) is 1. The molecular formula is C19H24N2O. The van der Waals surface area contributed by atoms with Crippen molar-refractivity contribution in [1.29, 1.82) is 0 Å². The normalized spacial score (nSPS) is 19.2. The second kappa shape index (κ2) is 8.08. The van der Waals surface area contributed by atoms with Crippen molar-refractivity contribution in [2.24, 2.45) is 0 Å². The lowest BCUT2D eigenvalue weighted by Gasteiger charge is -2.36. The summed E-state index contributed by atoms with van der Waals surface area (Å²) in [6.07, 6.45) is 0. The molecule has 3 heteroatoms. The Hall–Kier alpha value is -1.68. The summed E-state index contributed by atoms with van der Waals surface area (Å²) in [6, 6.07) is 21.5. The van der Waals surface area contributed by atoms with Gasteiger partial charge >= 0.3 is 0 Å². The van der Waals surface area contributed by atoms with E-state index in [9.17, 15) is 0 Å². The van der Waals surface area contributed by atoms with Crippen LogP contribution in [0.15, 0.2) is 60.7 Å². The van der Waals surface area contributed by atoms with Gasteiger partial charge < -0.3 is 10.1 Å². The molecule has 1 fully saturated rings. The lowest BCUT2D eigenvalue weighted by atomic mass is 10.1. The minimum Gasteiger partial charge on any atom is -0.375 e. The van der Waals surface area contributed by atoms with E-state index in [1.807, 2.05) is 6.07 Å². The molecule has 3 rings (SSSR count). The van der Waals surface area contributed by atoms with Crippen LogP contribution in [-0.2, 0) is 17.9 Å². The van der Waals surface area contributed by atoms with Crippen LogP contribution in [0.25, 0.3) is 0 Å². The molecule has 116 valence electrons. The Morgan fingerprint density at radius 1 is 0.955 bits per heavy atom. The van der Waals surface area contributed by atoms with E-state index >= 15 is 0 Å². The molecule has 0 amide bonds. The van der Waals surface area contributed by atoms with Crippen molar-refractivity contribution in [3.63, 3.8) is 0 Å². The maximum Gasteiger partial charge on any atom is 0.0717 e. The smallest absolute Gasteiger partial charge is 0.0717 e. The number of hydrogen-bond donors (Lipinski definition) is 1. The third-order valence-electron chi connectivity index (χ3n) is 4.12. The summed E-state index contributed by atoms with van der Waals surface area (Å²) in [5, 5.41) is 3.48. The molecule has 0 radical (unpaired) electrons. The first-order valence-corrected chi connectivity index (χ1v) is 8.02. The van der Waals surface area contributed by atoms with Gasteiger partial charge in [-0.15, -0.1) is 0 Å². The molecule has 2 aromatic carbocycles. The van der Waals surface area contributed by atoms with Gasteiger partial charge in [-0.3, -0.25) is 4.90 Å². The molecule has 1 aliphatic heterocycles. The van der Waals surface area contributed by atoms with Gasteiger partial charge in [0.15, 0.2) is 0 Å². The highest BCUT2D eigenvalue weighted by molar-refractivity contribution is 5.15. The van der Waals surface area contributed by atoms with Gasteiger partial charge in [0.05, 0.1) is 13.2 Å². The lowest BCUT2D eigenvalue weighted by Crippen LogP contribution is -2.52. The highest BCUT2D eigenvalue weighted by Crippen LogP contribution is 2.11. The van der Waals surface area contributed by atoms with Crippen molar-refractivity contribution in [2.45, 2.75) is 19.2 Å². The molecule has 1 N–H and O–H groups in total. The summed E-state index contributed by atoms with van der Waals surface area (Å²) in [7, 11) is 0. The zero-order valence-corrected chi connectivity index (χ0v) is 12.9. The first-order valence-electron chi connectivity index (χ1n) is 8.02. The monoisotopic (exact) mass is 296 g/mol. The Balaban J connectivity index is 1.51. The van der Waals surface area contributed by atoms with Crippen molar-refractivity contribution in [1.82, 2.24) is 10.2 Å². The van der Waals surface area contributed by atoms with E-state index < -0.39 is 0 Å². The van der Waals surface area contributed by atoms with Crippen molar-refractivity contribution in [2.75, 3.05) is 26.2 Å². The first kappa shape index (κ1) is 15.2. The van der Waals surface area contributed by atoms with Gasteiger partial charge in [0.1, 0.15) is 0 Å². The number of piperazine rings is 1. The molecule has 1 heterocycles. The maximum absolute atomic E-state index is 5.95. The minimum atomic E-state index is 0.442. The predicted octanol–water partition coefficient (Wildman–Crippen LogP) is 2.68. The number of rotatable bonds is 6. The average molecular weight is 296 g/mol. The highest BCUT2D eigenvalue weighted by Gasteiger charge is 2.22. The van der Waals surface area contributed by atoms with Gasteiger partial charge in [-0.25, -0.2) is 0 Å². The summed E-state index contributed by atoms with van der Waals surface area (Å²) in [5.41, 5.74) is 2.61. The molecule has 0 aromatic heterocycles. The summed E-state index contributed by atoms with van der Waals surface area (Å²) in [6.45, 7) is 5.60. The fraction of sp³-hybridized carbons (Fsp3) is 0.368. The van der Waals surface area contributed by atoms with E-state index in [4.69, 9.17) is 4.74 Å². The van der Waals surface area contributed by atoms with Crippen LogP contribution in [0.2, 0.25) is 0 Å². The third kappa shape index (κ3) is 4.41. The summed E-state index contributed by atoms with van der Waals surface area (Å²) in [4.78, 5) is 2.52. The lowest BCUT2D eigenvalue weighted by molar-refractivity contribution is 0.0355. The van der Waals surface area contributed by atoms with Gasteiger partial charge in [0.25, 0.3) is 0 Å². The zero-order valence-electron chi connectivity index (χ0n) is 12.9. The Morgan fingerprint density at radius 2 is 1.64 bits per heavy atom. The fourth-order valence-electron chi connectivity index (χ4n) is 2.88. The van der Waals surface area contributed by atoms with Crippen LogP contribution >= 0.6 is 0 Å². The van der Waals surface area contributed by atoms with Gasteiger partial charge in [0, 0.05) is 32.2 Å². The number of ether oxygens (including phenoxy) is 1. The van der Waals surface area contributed by atoms with Gasteiger partial charge in [-0.2, -0.15) is 0 Å². The molecule has 0 bridgehead atoms. The van der Waals surface area contributed by atoms with Gasteiger partial charge in [0.2, 0.25) is 0 Å². The molecule has 1 saturated heterocycles. The quantitative estimate of drug-likeness (QED) is 0.887. The SMILES string of the molecule is c1ccc(COCC2CNCCN2Cc2ccccc2)cc1. The van der Waals surface area contributed by atoms with E-state index in [2.05, 4.69) is 64.8 Å². The van der Waals surface area contributed by atoms with E-state index in [0.29, 0.717) is 12.6 Å². The van der Waals surface area contributed by atoms with E-state index in [-0.39, 0.29) is 0 Å². The second-order valence-electron chi connectivity index (χ2n) is 5.81. The average Bonchev–Trinajstić information content (AvgIpc) is 2.58.